The van der Waals surface area contributed by atoms with Gasteiger partial charge in [-0.15, -0.1) is 0 Å². The van der Waals surface area contributed by atoms with Crippen LogP contribution in [0.4, 0.5) is 0 Å². The minimum Gasteiger partial charge on any atom is -0.448 e. The fourth-order valence-electron chi connectivity index (χ4n) is 3.22. The number of cyclic esters (lactones) is 1. The molecule has 3 heteroatoms. The first kappa shape index (κ1) is 12.9. The number of nitrogens with zero attached hydrogens (tertiary/aromatic N) is 1. The third kappa shape index (κ3) is 1.65. The number of esters is 1. The summed E-state index contributed by atoms with van der Waals surface area (Å²) < 4.78 is 7.55. The molecule has 2 heterocycles. The van der Waals surface area contributed by atoms with E-state index in [1.54, 1.807) is 0 Å². The standard InChI is InChI=1S/C19H15NO2/c1-12-16-14-10-6-7-11-15(14)20(2)17(16)19(21)22-18(12)13-8-4-3-5-9-13/h3-11,18H,1H2,2H3. The Balaban J connectivity index is 1.97. The average molecular weight is 289 g/mol. The highest BCUT2D eigenvalue weighted by molar-refractivity contribution is 6.08. The van der Waals surface area contributed by atoms with Crippen LogP contribution in [-0.2, 0) is 11.8 Å². The smallest absolute Gasteiger partial charge is 0.356 e. The molecule has 0 fully saturated rings. The van der Waals surface area contributed by atoms with E-state index in [1.807, 2.05) is 66.2 Å². The topological polar surface area (TPSA) is 31.2 Å². The molecule has 0 spiro atoms. The van der Waals surface area contributed by atoms with E-state index in [-0.39, 0.29) is 5.97 Å². The average Bonchev–Trinajstić information content (AvgIpc) is 2.86. The molecule has 2 aromatic carbocycles. The third-order valence-electron chi connectivity index (χ3n) is 4.27. The van der Waals surface area contributed by atoms with Crippen LogP contribution in [0.25, 0.3) is 16.5 Å². The Kier molecular flexibility index (Phi) is 2.70. The summed E-state index contributed by atoms with van der Waals surface area (Å²) in [6.45, 7) is 4.22. The number of hydrogen-bond donors (Lipinski definition) is 0. The van der Waals surface area contributed by atoms with Gasteiger partial charge >= 0.3 is 5.97 Å². The number of aromatic nitrogens is 1. The van der Waals surface area contributed by atoms with Crippen LogP contribution in [-0.4, -0.2) is 10.5 Å². The number of hydrogen-bond acceptors (Lipinski definition) is 2. The maximum atomic E-state index is 12.5. The zero-order chi connectivity index (χ0) is 15.3. The number of carbonyl (C=O) groups is 1. The first-order valence-corrected chi connectivity index (χ1v) is 7.21. The molecule has 1 unspecified atom stereocenters. The molecule has 3 nitrogen and oxygen atoms in total. The van der Waals surface area contributed by atoms with Crippen molar-refractivity contribution >= 4 is 22.4 Å². The van der Waals surface area contributed by atoms with Crippen LogP contribution in [0.5, 0.6) is 0 Å². The minimum atomic E-state index is -0.424. The molecule has 0 amide bonds. The van der Waals surface area contributed by atoms with Gasteiger partial charge in [-0.3, -0.25) is 0 Å². The second kappa shape index (κ2) is 4.60. The molecule has 1 aromatic heterocycles. The lowest BCUT2D eigenvalue weighted by molar-refractivity contribution is 0.0377. The fourth-order valence-corrected chi connectivity index (χ4v) is 3.22. The van der Waals surface area contributed by atoms with Crippen LogP contribution in [0.1, 0.15) is 27.7 Å². The van der Waals surface area contributed by atoms with Crippen LogP contribution in [0.15, 0.2) is 61.2 Å². The highest BCUT2D eigenvalue weighted by atomic mass is 16.5. The van der Waals surface area contributed by atoms with Crippen molar-refractivity contribution in [3.8, 4) is 0 Å². The molecule has 0 N–H and O–H groups in total. The number of para-hydroxylation sites is 1. The predicted molar refractivity (Wildman–Crippen MR) is 86.6 cm³/mol. The lowest BCUT2D eigenvalue weighted by atomic mass is 9.92. The number of fused-ring (bicyclic) bond motifs is 3. The van der Waals surface area contributed by atoms with Crippen molar-refractivity contribution < 1.29 is 9.53 Å². The summed E-state index contributed by atoms with van der Waals surface area (Å²) >= 11 is 0. The largest absolute Gasteiger partial charge is 0.448 e. The fraction of sp³-hybridized carbons (Fsp3) is 0.105. The van der Waals surface area contributed by atoms with Crippen molar-refractivity contribution in [1.82, 2.24) is 4.57 Å². The van der Waals surface area contributed by atoms with E-state index in [2.05, 4.69) is 6.58 Å². The maximum Gasteiger partial charge on any atom is 0.356 e. The normalized spacial score (nSPS) is 17.4. The van der Waals surface area contributed by atoms with Crippen LogP contribution < -0.4 is 0 Å². The summed E-state index contributed by atoms with van der Waals surface area (Å²) in [5, 5.41) is 1.04. The lowest BCUT2D eigenvalue weighted by Gasteiger charge is -2.26. The van der Waals surface area contributed by atoms with E-state index in [0.29, 0.717) is 5.69 Å². The first-order chi connectivity index (χ1) is 10.7. The SMILES string of the molecule is C=C1c2c(n(C)c3ccccc23)C(=O)OC1c1ccccc1. The molecular formula is C19H15NO2. The van der Waals surface area contributed by atoms with Gasteiger partial charge < -0.3 is 9.30 Å². The summed E-state index contributed by atoms with van der Waals surface area (Å²) in [5.74, 6) is -0.296. The van der Waals surface area contributed by atoms with Crippen molar-refractivity contribution in [2.24, 2.45) is 7.05 Å². The van der Waals surface area contributed by atoms with Crippen LogP contribution in [0.2, 0.25) is 0 Å². The molecule has 0 bridgehead atoms. The molecule has 108 valence electrons. The molecule has 1 atom stereocenters. The molecule has 0 radical (unpaired) electrons. The van der Waals surface area contributed by atoms with Crippen molar-refractivity contribution in [2.45, 2.75) is 6.10 Å². The van der Waals surface area contributed by atoms with Gasteiger partial charge in [-0.25, -0.2) is 4.79 Å². The number of carbonyl (C=O) groups excluding carboxylic acids is 1. The van der Waals surface area contributed by atoms with E-state index in [1.165, 1.54) is 0 Å². The second-order valence-electron chi connectivity index (χ2n) is 5.52. The van der Waals surface area contributed by atoms with Crippen molar-refractivity contribution in [3.05, 3.63) is 78.0 Å². The number of benzene rings is 2. The Hall–Kier alpha value is -2.81. The van der Waals surface area contributed by atoms with Gasteiger partial charge in [0.05, 0.1) is 0 Å². The minimum absolute atomic E-state index is 0.296. The van der Waals surface area contributed by atoms with E-state index < -0.39 is 6.10 Å². The Bertz CT molecular complexity index is 906. The van der Waals surface area contributed by atoms with Gasteiger partial charge in [-0.1, -0.05) is 55.1 Å². The number of ether oxygens (including phenoxy) is 1. The van der Waals surface area contributed by atoms with Gasteiger partial charge in [0.25, 0.3) is 0 Å². The lowest BCUT2D eigenvalue weighted by Crippen LogP contribution is -2.22. The van der Waals surface area contributed by atoms with Crippen molar-refractivity contribution in [3.63, 3.8) is 0 Å². The maximum absolute atomic E-state index is 12.5. The molecule has 1 aliphatic heterocycles. The molecule has 4 rings (SSSR count). The van der Waals surface area contributed by atoms with Crippen LogP contribution in [0, 0.1) is 0 Å². The van der Waals surface area contributed by atoms with E-state index in [9.17, 15) is 4.79 Å². The Morgan fingerprint density at radius 1 is 1.05 bits per heavy atom. The molecule has 0 saturated carbocycles. The molecule has 0 aliphatic carbocycles. The van der Waals surface area contributed by atoms with Crippen molar-refractivity contribution in [1.29, 1.82) is 0 Å². The zero-order valence-electron chi connectivity index (χ0n) is 12.2. The third-order valence-corrected chi connectivity index (χ3v) is 4.27. The van der Waals surface area contributed by atoms with Crippen LogP contribution in [0.3, 0.4) is 0 Å². The van der Waals surface area contributed by atoms with Gasteiger partial charge in [-0.2, -0.15) is 0 Å². The highest BCUT2D eigenvalue weighted by Crippen LogP contribution is 2.43. The Morgan fingerprint density at radius 2 is 1.73 bits per heavy atom. The summed E-state index contributed by atoms with van der Waals surface area (Å²) in [6, 6.07) is 17.7. The van der Waals surface area contributed by atoms with Crippen LogP contribution >= 0.6 is 0 Å². The summed E-state index contributed by atoms with van der Waals surface area (Å²) in [5.41, 5.74) is 4.28. The number of aryl methyl sites for hydroxylation is 1. The molecular weight excluding hydrogens is 274 g/mol. The van der Waals surface area contributed by atoms with Gasteiger partial charge in [0, 0.05) is 29.1 Å². The molecule has 22 heavy (non-hydrogen) atoms. The van der Waals surface area contributed by atoms with E-state index in [0.717, 1.165) is 27.6 Å². The Labute approximate surface area is 128 Å². The van der Waals surface area contributed by atoms with Crippen molar-refractivity contribution in [2.75, 3.05) is 0 Å². The quantitative estimate of drug-likeness (QED) is 0.631. The Morgan fingerprint density at radius 3 is 2.50 bits per heavy atom. The summed E-state index contributed by atoms with van der Waals surface area (Å²) in [6.07, 6.45) is -0.424. The van der Waals surface area contributed by atoms with Gasteiger partial charge in [0.2, 0.25) is 0 Å². The molecule has 3 aromatic rings. The molecule has 0 saturated heterocycles. The van der Waals surface area contributed by atoms with E-state index in [4.69, 9.17) is 4.74 Å². The van der Waals surface area contributed by atoms with Gasteiger partial charge in [0.15, 0.2) is 6.10 Å². The monoisotopic (exact) mass is 289 g/mol. The second-order valence-corrected chi connectivity index (χ2v) is 5.52. The predicted octanol–water partition coefficient (Wildman–Crippen LogP) is 4.10. The molecule has 1 aliphatic rings. The van der Waals surface area contributed by atoms with Gasteiger partial charge in [0.1, 0.15) is 5.69 Å². The number of rotatable bonds is 1. The first-order valence-electron chi connectivity index (χ1n) is 7.21. The zero-order valence-corrected chi connectivity index (χ0v) is 12.2. The summed E-state index contributed by atoms with van der Waals surface area (Å²) in [7, 11) is 1.89. The summed E-state index contributed by atoms with van der Waals surface area (Å²) in [4.78, 5) is 12.5. The van der Waals surface area contributed by atoms with Gasteiger partial charge in [-0.05, 0) is 11.6 Å². The highest BCUT2D eigenvalue weighted by Gasteiger charge is 2.35. The van der Waals surface area contributed by atoms with E-state index >= 15 is 0 Å².